The van der Waals surface area contributed by atoms with E-state index in [-0.39, 0.29) is 20.4 Å². The number of hydrogen-bond donors (Lipinski definition) is 0. The maximum absolute atomic E-state index is 5.00. The van der Waals surface area contributed by atoms with Gasteiger partial charge in [0, 0.05) is 26.6 Å². The van der Waals surface area contributed by atoms with Crippen LogP contribution in [0.2, 0.25) is 0 Å². The molecule has 0 aliphatic heterocycles. The van der Waals surface area contributed by atoms with Gasteiger partial charge in [-0.3, -0.25) is 9.98 Å². The molecule has 3 heteroatoms. The summed E-state index contributed by atoms with van der Waals surface area (Å²) in [6.07, 6.45) is 12.2. The monoisotopic (exact) mass is 510 g/mol. The Labute approximate surface area is 204 Å². The van der Waals surface area contributed by atoms with Crippen LogP contribution in [-0.4, -0.2) is 11.9 Å². The molecule has 172 valence electrons. The Morgan fingerprint density at radius 1 is 0.677 bits per heavy atom. The Morgan fingerprint density at radius 3 is 1.77 bits per heavy atom. The Balaban J connectivity index is 0.00000480. The van der Waals surface area contributed by atoms with E-state index in [0.717, 1.165) is 49.2 Å². The molecule has 0 aliphatic rings. The SMILES string of the molecule is CCCCCCC(/C=N/c1ccc(CC)c(CC)c1)=N\c1ccc(CC)c(CC)c1.[Pd]. The first kappa shape index (κ1) is 27.5. The van der Waals surface area contributed by atoms with Crippen LogP contribution in [0.25, 0.3) is 0 Å². The molecule has 31 heavy (non-hydrogen) atoms. The van der Waals surface area contributed by atoms with Crippen LogP contribution in [0.15, 0.2) is 46.4 Å². The van der Waals surface area contributed by atoms with E-state index < -0.39 is 0 Å². The van der Waals surface area contributed by atoms with Gasteiger partial charge in [-0.15, -0.1) is 0 Å². The van der Waals surface area contributed by atoms with Gasteiger partial charge in [-0.25, -0.2) is 0 Å². The van der Waals surface area contributed by atoms with Gasteiger partial charge in [-0.05, 0) is 85.0 Å². The maximum atomic E-state index is 5.00. The van der Waals surface area contributed by atoms with Gasteiger partial charge in [0.15, 0.2) is 0 Å². The molecule has 0 saturated heterocycles. The number of aryl methyl sites for hydroxylation is 4. The van der Waals surface area contributed by atoms with Gasteiger partial charge in [0.2, 0.25) is 0 Å². The number of nitrogens with zero attached hydrogens (tertiary/aromatic N) is 2. The smallest absolute Gasteiger partial charge is 0.0636 e. The zero-order valence-corrected chi connectivity index (χ0v) is 21.7. The first-order valence-electron chi connectivity index (χ1n) is 12.0. The second-order valence-corrected chi connectivity index (χ2v) is 7.99. The summed E-state index contributed by atoms with van der Waals surface area (Å²) in [5.74, 6) is 0. The number of benzene rings is 2. The van der Waals surface area contributed by atoms with Crippen LogP contribution in [-0.2, 0) is 46.1 Å². The molecule has 0 aliphatic carbocycles. The van der Waals surface area contributed by atoms with Gasteiger partial charge in [0.25, 0.3) is 0 Å². The van der Waals surface area contributed by atoms with Crippen molar-refractivity contribution in [2.24, 2.45) is 9.98 Å². The fraction of sp³-hybridized carbons (Fsp3) is 0.500. The van der Waals surface area contributed by atoms with Crippen molar-refractivity contribution in [2.45, 2.75) is 92.4 Å². The standard InChI is InChI=1S/C28H40N2.Pd/c1-6-11-12-13-14-28(30-27-18-16-23(8-3)25(10-5)20-27)21-29-26-17-15-22(7-2)24(9-4)19-26;/h15-21H,6-14H2,1-5H3;/b29-21+,30-28+;. The minimum absolute atomic E-state index is 0. The summed E-state index contributed by atoms with van der Waals surface area (Å²) in [6.45, 7) is 11.1. The van der Waals surface area contributed by atoms with E-state index in [9.17, 15) is 0 Å². The van der Waals surface area contributed by atoms with Gasteiger partial charge in [0.05, 0.1) is 17.1 Å². The van der Waals surface area contributed by atoms with Crippen LogP contribution in [0.1, 0.15) is 89.0 Å². The number of hydrogen-bond acceptors (Lipinski definition) is 2. The van der Waals surface area contributed by atoms with Gasteiger partial charge in [-0.2, -0.15) is 0 Å². The predicted molar refractivity (Wildman–Crippen MR) is 134 cm³/mol. The average molecular weight is 511 g/mol. The van der Waals surface area contributed by atoms with Crippen LogP contribution in [0, 0.1) is 0 Å². The fourth-order valence-corrected chi connectivity index (χ4v) is 3.92. The summed E-state index contributed by atoms with van der Waals surface area (Å²) >= 11 is 0. The second-order valence-electron chi connectivity index (χ2n) is 7.99. The van der Waals surface area contributed by atoms with Gasteiger partial charge in [-0.1, -0.05) is 66.0 Å². The third kappa shape index (κ3) is 8.84. The van der Waals surface area contributed by atoms with Crippen LogP contribution in [0.3, 0.4) is 0 Å². The predicted octanol–water partition coefficient (Wildman–Crippen LogP) is 8.38. The molecule has 0 heterocycles. The van der Waals surface area contributed by atoms with Gasteiger partial charge >= 0.3 is 0 Å². The summed E-state index contributed by atoms with van der Waals surface area (Å²) in [5, 5.41) is 0. The van der Waals surface area contributed by atoms with Crippen molar-refractivity contribution in [3.8, 4) is 0 Å². The molecule has 0 bridgehead atoms. The topological polar surface area (TPSA) is 24.7 Å². The largest absolute Gasteiger partial charge is 0.255 e. The summed E-state index contributed by atoms with van der Waals surface area (Å²) in [4.78, 5) is 9.81. The van der Waals surface area contributed by atoms with Crippen molar-refractivity contribution in [2.75, 3.05) is 0 Å². The third-order valence-corrected chi connectivity index (χ3v) is 5.83. The molecule has 0 atom stereocenters. The summed E-state index contributed by atoms with van der Waals surface area (Å²) in [7, 11) is 0. The Hall–Kier alpha value is -1.56. The Bertz CT molecular complexity index is 852. The zero-order chi connectivity index (χ0) is 21.8. The molecular formula is C28H40N2Pd. The first-order chi connectivity index (χ1) is 14.6. The average Bonchev–Trinajstić information content (AvgIpc) is 2.79. The van der Waals surface area contributed by atoms with Crippen molar-refractivity contribution in [1.29, 1.82) is 0 Å². The van der Waals surface area contributed by atoms with Crippen molar-refractivity contribution >= 4 is 23.3 Å². The number of aliphatic imine (C=N–C) groups is 2. The minimum atomic E-state index is 0. The van der Waals surface area contributed by atoms with Gasteiger partial charge in [0.1, 0.15) is 0 Å². The summed E-state index contributed by atoms with van der Waals surface area (Å²) in [6, 6.07) is 13.2. The van der Waals surface area contributed by atoms with E-state index in [1.807, 2.05) is 6.21 Å². The van der Waals surface area contributed by atoms with Crippen molar-refractivity contribution < 1.29 is 20.4 Å². The van der Waals surface area contributed by atoms with Crippen LogP contribution in [0.5, 0.6) is 0 Å². The number of unbranched alkanes of at least 4 members (excludes halogenated alkanes) is 3. The Morgan fingerprint density at radius 2 is 1.23 bits per heavy atom. The van der Waals surface area contributed by atoms with Crippen LogP contribution >= 0.6 is 0 Å². The molecule has 0 radical (unpaired) electrons. The van der Waals surface area contributed by atoms with Crippen molar-refractivity contribution in [3.05, 3.63) is 58.7 Å². The van der Waals surface area contributed by atoms with Gasteiger partial charge < -0.3 is 0 Å². The molecule has 2 rings (SSSR count). The molecule has 0 unspecified atom stereocenters. The molecule has 0 fully saturated rings. The molecule has 0 aromatic heterocycles. The third-order valence-electron chi connectivity index (χ3n) is 5.83. The zero-order valence-electron chi connectivity index (χ0n) is 20.1. The van der Waals surface area contributed by atoms with Crippen molar-refractivity contribution in [1.82, 2.24) is 0 Å². The first-order valence-corrected chi connectivity index (χ1v) is 12.0. The second kappa shape index (κ2) is 15.3. The maximum Gasteiger partial charge on any atom is 0.0636 e. The molecule has 2 nitrogen and oxygen atoms in total. The summed E-state index contributed by atoms with van der Waals surface area (Å²) in [5.41, 5.74) is 8.82. The quantitative estimate of drug-likeness (QED) is 0.156. The normalized spacial score (nSPS) is 11.7. The van der Waals surface area contributed by atoms with E-state index in [4.69, 9.17) is 9.98 Å². The van der Waals surface area contributed by atoms with Crippen molar-refractivity contribution in [3.63, 3.8) is 0 Å². The molecular weight excluding hydrogens is 471 g/mol. The van der Waals surface area contributed by atoms with E-state index in [1.165, 1.54) is 47.9 Å². The number of rotatable bonds is 12. The Kier molecular flexibility index (Phi) is 13.5. The molecule has 0 N–H and O–H groups in total. The van der Waals surface area contributed by atoms with Crippen LogP contribution < -0.4 is 0 Å². The fourth-order valence-electron chi connectivity index (χ4n) is 3.92. The van der Waals surface area contributed by atoms with E-state index >= 15 is 0 Å². The minimum Gasteiger partial charge on any atom is -0.255 e. The molecule has 2 aromatic carbocycles. The molecule has 2 aromatic rings. The van der Waals surface area contributed by atoms with E-state index in [0.29, 0.717) is 0 Å². The van der Waals surface area contributed by atoms with Crippen LogP contribution in [0.4, 0.5) is 11.4 Å². The molecule has 0 spiro atoms. The molecule has 0 amide bonds. The van der Waals surface area contributed by atoms with E-state index in [1.54, 1.807) is 0 Å². The molecule has 0 saturated carbocycles. The van der Waals surface area contributed by atoms with E-state index in [2.05, 4.69) is 71.0 Å². The summed E-state index contributed by atoms with van der Waals surface area (Å²) < 4.78 is 0.